The number of thioether (sulfide) groups is 1. The van der Waals surface area contributed by atoms with Crippen LogP contribution in [0.2, 0.25) is 5.02 Å². The fraction of sp³-hybridized carbons (Fsp3) is 0.286. The van der Waals surface area contributed by atoms with Crippen LogP contribution in [0.4, 0.5) is 5.69 Å². The third kappa shape index (κ3) is 5.22. The Labute approximate surface area is 201 Å². The number of nitrogens with one attached hydrogen (secondary N) is 2. The first-order valence-electron chi connectivity index (χ1n) is 9.86. The van der Waals surface area contributed by atoms with E-state index in [-0.39, 0.29) is 18.5 Å². The Hall–Kier alpha value is -2.05. The summed E-state index contributed by atoms with van der Waals surface area (Å²) >= 11 is 7.07. The standard InChI is InChI=1S/C21H21ClN2O6S3/c1-32(27,28)23-16-4-2-3-14(11-16)17-12-21(17,20(25)26)24-33(29,30)19-10-9-18(31-19)13-5-7-15(22)8-6-13/h2-9,11,17,19,23-24H,10,12H2,1H3,(H,25,26). The molecule has 2 aliphatic rings. The second kappa shape index (κ2) is 8.62. The molecule has 8 nitrogen and oxygen atoms in total. The minimum atomic E-state index is -3.99. The van der Waals surface area contributed by atoms with Crippen molar-refractivity contribution in [1.29, 1.82) is 0 Å². The first-order valence-corrected chi connectivity index (χ1v) is 14.6. The first-order chi connectivity index (χ1) is 15.4. The van der Waals surface area contributed by atoms with Gasteiger partial charge in [-0.3, -0.25) is 9.52 Å². The number of allylic oxidation sites excluding steroid dienone is 1. The van der Waals surface area contributed by atoms with E-state index < -0.39 is 42.1 Å². The third-order valence-electron chi connectivity index (χ3n) is 5.49. The van der Waals surface area contributed by atoms with Crippen LogP contribution in [0.15, 0.2) is 54.6 Å². The van der Waals surface area contributed by atoms with Gasteiger partial charge in [-0.1, -0.05) is 41.9 Å². The largest absolute Gasteiger partial charge is 0.480 e. The van der Waals surface area contributed by atoms with Crippen molar-refractivity contribution in [3.05, 3.63) is 70.8 Å². The van der Waals surface area contributed by atoms with E-state index >= 15 is 0 Å². The summed E-state index contributed by atoms with van der Waals surface area (Å²) < 4.78 is 53.2. The molecule has 3 atom stereocenters. The highest BCUT2D eigenvalue weighted by Crippen LogP contribution is 2.53. The molecule has 1 aliphatic carbocycles. The lowest BCUT2D eigenvalue weighted by atomic mass is 10.1. The molecule has 3 unspecified atom stereocenters. The number of benzene rings is 2. The van der Waals surface area contributed by atoms with E-state index in [1.54, 1.807) is 42.5 Å². The minimum absolute atomic E-state index is 0.0682. The molecular formula is C21H21ClN2O6S3. The van der Waals surface area contributed by atoms with Crippen LogP contribution in [0.3, 0.4) is 0 Å². The summed E-state index contributed by atoms with van der Waals surface area (Å²) in [6, 6.07) is 13.4. The molecule has 1 saturated carbocycles. The van der Waals surface area contributed by atoms with Crippen molar-refractivity contribution in [2.24, 2.45) is 0 Å². The van der Waals surface area contributed by atoms with Gasteiger partial charge in [0.1, 0.15) is 10.1 Å². The van der Waals surface area contributed by atoms with Gasteiger partial charge >= 0.3 is 5.97 Å². The van der Waals surface area contributed by atoms with E-state index in [1.807, 2.05) is 6.08 Å². The van der Waals surface area contributed by atoms with Crippen molar-refractivity contribution in [3.63, 3.8) is 0 Å². The van der Waals surface area contributed by atoms with Crippen molar-refractivity contribution >= 4 is 60.0 Å². The highest BCUT2D eigenvalue weighted by molar-refractivity contribution is 8.18. The van der Waals surface area contributed by atoms with Crippen molar-refractivity contribution < 1.29 is 26.7 Å². The molecule has 2 aromatic carbocycles. The molecule has 1 aliphatic heterocycles. The zero-order valence-corrected chi connectivity index (χ0v) is 20.6. The summed E-state index contributed by atoms with van der Waals surface area (Å²) in [4.78, 5) is 12.9. The topological polar surface area (TPSA) is 130 Å². The Morgan fingerprint density at radius 1 is 1.15 bits per heavy atom. The number of hydrogen-bond acceptors (Lipinski definition) is 6. The van der Waals surface area contributed by atoms with Crippen LogP contribution in [0.5, 0.6) is 0 Å². The zero-order chi connectivity index (χ0) is 24.0. The Morgan fingerprint density at radius 2 is 1.85 bits per heavy atom. The van der Waals surface area contributed by atoms with Crippen LogP contribution >= 0.6 is 23.4 Å². The average molecular weight is 529 g/mol. The van der Waals surface area contributed by atoms with Gasteiger partial charge in [0.2, 0.25) is 20.0 Å². The molecule has 0 spiro atoms. The molecule has 1 heterocycles. The monoisotopic (exact) mass is 528 g/mol. The molecule has 0 radical (unpaired) electrons. The smallest absolute Gasteiger partial charge is 0.325 e. The Balaban J connectivity index is 1.51. The lowest BCUT2D eigenvalue weighted by molar-refractivity contribution is -0.140. The summed E-state index contributed by atoms with van der Waals surface area (Å²) in [5.74, 6) is -1.90. The lowest BCUT2D eigenvalue weighted by Crippen LogP contribution is -2.47. The van der Waals surface area contributed by atoms with Crippen molar-refractivity contribution in [2.45, 2.75) is 28.9 Å². The maximum atomic E-state index is 13.1. The van der Waals surface area contributed by atoms with Crippen molar-refractivity contribution in [3.8, 4) is 0 Å². The molecular weight excluding hydrogens is 508 g/mol. The highest BCUT2D eigenvalue weighted by Gasteiger charge is 2.63. The van der Waals surface area contributed by atoms with Crippen molar-refractivity contribution in [2.75, 3.05) is 11.0 Å². The first kappa shape index (κ1) is 24.1. The molecule has 4 rings (SSSR count). The lowest BCUT2D eigenvalue weighted by Gasteiger charge is -2.19. The van der Waals surface area contributed by atoms with Gasteiger partial charge in [-0.2, -0.15) is 4.72 Å². The van der Waals surface area contributed by atoms with Gasteiger partial charge < -0.3 is 5.11 Å². The maximum absolute atomic E-state index is 13.1. The summed E-state index contributed by atoms with van der Waals surface area (Å²) in [5, 5.41) is 10.5. The second-order valence-corrected chi connectivity index (χ2v) is 13.6. The van der Waals surface area contributed by atoms with Gasteiger partial charge in [0.25, 0.3) is 0 Å². The van der Waals surface area contributed by atoms with E-state index in [2.05, 4.69) is 9.44 Å². The van der Waals surface area contributed by atoms with E-state index in [9.17, 15) is 26.7 Å². The zero-order valence-electron chi connectivity index (χ0n) is 17.4. The fourth-order valence-corrected chi connectivity index (χ4v) is 7.73. The number of halogens is 1. The predicted octanol–water partition coefficient (Wildman–Crippen LogP) is 3.45. The molecule has 0 saturated heterocycles. The number of sulfonamides is 2. The van der Waals surface area contributed by atoms with Crippen LogP contribution in [-0.2, 0) is 24.8 Å². The molecule has 33 heavy (non-hydrogen) atoms. The van der Waals surface area contributed by atoms with E-state index in [4.69, 9.17) is 11.6 Å². The normalized spacial score (nSPS) is 24.8. The van der Waals surface area contributed by atoms with Gasteiger partial charge in [0.05, 0.1) is 6.26 Å². The molecule has 2 aromatic rings. The molecule has 0 bridgehead atoms. The summed E-state index contributed by atoms with van der Waals surface area (Å²) in [5.41, 5.74) is -0.0129. The molecule has 176 valence electrons. The number of anilines is 1. The molecule has 0 amide bonds. The van der Waals surface area contributed by atoms with Crippen LogP contribution in [0.25, 0.3) is 4.91 Å². The summed E-state index contributed by atoms with van der Waals surface area (Å²) in [7, 11) is -7.50. The minimum Gasteiger partial charge on any atom is -0.480 e. The Morgan fingerprint density at radius 3 is 2.48 bits per heavy atom. The highest BCUT2D eigenvalue weighted by atomic mass is 35.5. The summed E-state index contributed by atoms with van der Waals surface area (Å²) in [6.45, 7) is 0. The second-order valence-electron chi connectivity index (χ2n) is 8.04. The number of carboxylic acids is 1. The maximum Gasteiger partial charge on any atom is 0.325 e. The number of hydrogen-bond donors (Lipinski definition) is 3. The number of carbonyl (C=O) groups is 1. The molecule has 1 fully saturated rings. The van der Waals surface area contributed by atoms with Gasteiger partial charge in [0, 0.05) is 21.5 Å². The van der Waals surface area contributed by atoms with Crippen molar-refractivity contribution in [1.82, 2.24) is 4.72 Å². The summed E-state index contributed by atoms with van der Waals surface area (Å²) in [6.07, 6.45) is 3.14. The van der Waals surface area contributed by atoms with Gasteiger partial charge in [0.15, 0.2) is 0 Å². The van der Waals surface area contributed by atoms with Gasteiger partial charge in [-0.15, -0.1) is 11.8 Å². The molecule has 0 aromatic heterocycles. The SMILES string of the molecule is CS(=O)(=O)Nc1cccc(C2CC2(NS(=O)(=O)C2CC=C(c3ccc(Cl)cc3)S2)C(=O)O)c1. The van der Waals surface area contributed by atoms with Crippen LogP contribution in [-0.4, -0.2) is 44.3 Å². The number of carboxylic acid groups (broad SMARTS) is 1. The van der Waals surface area contributed by atoms with Gasteiger partial charge in [-0.05, 0) is 48.2 Å². The average Bonchev–Trinajstić information content (AvgIpc) is 3.21. The van der Waals surface area contributed by atoms with Crippen LogP contribution in [0, 0.1) is 0 Å². The van der Waals surface area contributed by atoms with Crippen LogP contribution in [0.1, 0.15) is 29.9 Å². The van der Waals surface area contributed by atoms with Gasteiger partial charge in [-0.25, -0.2) is 16.8 Å². The predicted molar refractivity (Wildman–Crippen MR) is 130 cm³/mol. The number of aliphatic carboxylic acids is 1. The van der Waals surface area contributed by atoms with E-state index in [0.717, 1.165) is 28.5 Å². The molecule has 3 N–H and O–H groups in total. The Kier molecular flexibility index (Phi) is 6.29. The molecule has 12 heteroatoms. The number of rotatable bonds is 8. The Bertz CT molecular complexity index is 1340. The van der Waals surface area contributed by atoms with Crippen LogP contribution < -0.4 is 9.44 Å². The third-order valence-corrected chi connectivity index (χ3v) is 10.0. The van der Waals surface area contributed by atoms with E-state index in [1.165, 1.54) is 6.07 Å². The van der Waals surface area contributed by atoms with E-state index in [0.29, 0.717) is 10.6 Å². The quantitative estimate of drug-likeness (QED) is 0.478. The fourth-order valence-electron chi connectivity index (χ4n) is 3.84.